The van der Waals surface area contributed by atoms with Gasteiger partial charge >= 0.3 is 5.97 Å². The first-order valence-corrected chi connectivity index (χ1v) is 8.29. The minimum absolute atomic E-state index is 0.0561. The summed E-state index contributed by atoms with van der Waals surface area (Å²) >= 11 is 0. The third kappa shape index (κ3) is 8.33. The maximum absolute atomic E-state index is 12.8. The number of halogens is 1. The first kappa shape index (κ1) is 19.1. The van der Waals surface area contributed by atoms with Gasteiger partial charge < -0.3 is 10.4 Å². The Labute approximate surface area is 137 Å². The Morgan fingerprint density at radius 1 is 1.09 bits per heavy atom. The maximum Gasteiger partial charge on any atom is 0.326 e. The fraction of sp³-hybridized carbons (Fsp3) is 0.556. The zero-order valence-electron chi connectivity index (χ0n) is 13.7. The molecule has 0 aromatic heterocycles. The molecule has 1 aromatic carbocycles. The summed E-state index contributed by atoms with van der Waals surface area (Å²) in [5.74, 6) is -1.72. The van der Waals surface area contributed by atoms with Crippen LogP contribution in [0.2, 0.25) is 0 Å². The van der Waals surface area contributed by atoms with E-state index in [1.807, 2.05) is 0 Å². The molecule has 1 aromatic rings. The van der Waals surface area contributed by atoms with Crippen LogP contribution in [0.1, 0.15) is 57.4 Å². The number of aliphatic carboxylic acids is 1. The number of carbonyl (C=O) groups is 2. The molecule has 0 saturated heterocycles. The topological polar surface area (TPSA) is 66.4 Å². The van der Waals surface area contributed by atoms with Gasteiger partial charge in [0.1, 0.15) is 11.9 Å². The highest BCUT2D eigenvalue weighted by Crippen LogP contribution is 2.09. The van der Waals surface area contributed by atoms with Gasteiger partial charge in [0.25, 0.3) is 0 Å². The molecule has 0 aliphatic heterocycles. The van der Waals surface area contributed by atoms with E-state index in [0.717, 1.165) is 19.3 Å². The van der Waals surface area contributed by atoms with Crippen molar-refractivity contribution < 1.29 is 19.1 Å². The zero-order chi connectivity index (χ0) is 17.1. The molecule has 0 heterocycles. The van der Waals surface area contributed by atoms with Gasteiger partial charge in [-0.25, -0.2) is 9.18 Å². The van der Waals surface area contributed by atoms with E-state index >= 15 is 0 Å². The second kappa shape index (κ2) is 10.8. The van der Waals surface area contributed by atoms with Crippen molar-refractivity contribution in [2.75, 3.05) is 0 Å². The molecule has 0 saturated carbocycles. The lowest BCUT2D eigenvalue weighted by molar-refractivity contribution is -0.142. The molecule has 23 heavy (non-hydrogen) atoms. The van der Waals surface area contributed by atoms with Crippen LogP contribution in [0, 0.1) is 5.82 Å². The lowest BCUT2D eigenvalue weighted by Crippen LogP contribution is -2.41. The largest absolute Gasteiger partial charge is 0.480 e. The van der Waals surface area contributed by atoms with E-state index in [0.29, 0.717) is 12.0 Å². The van der Waals surface area contributed by atoms with Crippen molar-refractivity contribution in [2.45, 2.75) is 64.3 Å². The van der Waals surface area contributed by atoms with Gasteiger partial charge in [0.15, 0.2) is 0 Å². The number of carboxylic acids is 1. The Balaban J connectivity index is 2.35. The van der Waals surface area contributed by atoms with Crippen LogP contribution >= 0.6 is 0 Å². The average Bonchev–Trinajstić information content (AvgIpc) is 2.51. The van der Waals surface area contributed by atoms with E-state index in [9.17, 15) is 19.1 Å². The molecule has 0 aliphatic rings. The molecule has 5 heteroatoms. The quantitative estimate of drug-likeness (QED) is 0.610. The minimum Gasteiger partial charge on any atom is -0.480 e. The van der Waals surface area contributed by atoms with Gasteiger partial charge in [-0.2, -0.15) is 0 Å². The first-order chi connectivity index (χ1) is 11.0. The molecule has 2 N–H and O–H groups in total. The van der Waals surface area contributed by atoms with Crippen molar-refractivity contribution in [2.24, 2.45) is 0 Å². The van der Waals surface area contributed by atoms with Gasteiger partial charge in [-0.1, -0.05) is 57.6 Å². The molecule has 0 bridgehead atoms. The Bertz CT molecular complexity index is 488. The summed E-state index contributed by atoms with van der Waals surface area (Å²) in [5, 5.41) is 11.8. The number of benzene rings is 1. The molecule has 128 valence electrons. The van der Waals surface area contributed by atoms with E-state index < -0.39 is 12.0 Å². The van der Waals surface area contributed by atoms with Crippen molar-refractivity contribution >= 4 is 11.9 Å². The van der Waals surface area contributed by atoms with Crippen molar-refractivity contribution in [3.8, 4) is 0 Å². The molecule has 0 unspecified atom stereocenters. The number of amides is 1. The normalized spacial score (nSPS) is 11.9. The highest BCUT2D eigenvalue weighted by Gasteiger charge is 2.19. The average molecular weight is 323 g/mol. The van der Waals surface area contributed by atoms with Gasteiger partial charge in [0.05, 0.1) is 6.42 Å². The highest BCUT2D eigenvalue weighted by atomic mass is 19.1. The molecule has 0 fully saturated rings. The summed E-state index contributed by atoms with van der Waals surface area (Å²) in [4.78, 5) is 23.2. The Morgan fingerprint density at radius 2 is 1.70 bits per heavy atom. The second-order valence-electron chi connectivity index (χ2n) is 5.82. The van der Waals surface area contributed by atoms with Crippen molar-refractivity contribution in [1.82, 2.24) is 5.32 Å². The molecule has 1 rings (SSSR count). The SMILES string of the molecule is CCCCCCCC[C@H](NC(=O)Cc1ccc(F)cc1)C(=O)O. The zero-order valence-corrected chi connectivity index (χ0v) is 13.7. The number of nitrogens with one attached hydrogen (secondary N) is 1. The van der Waals surface area contributed by atoms with Crippen LogP contribution in [0.5, 0.6) is 0 Å². The van der Waals surface area contributed by atoms with Crippen LogP contribution in [0.4, 0.5) is 4.39 Å². The van der Waals surface area contributed by atoms with Crippen LogP contribution in [0.3, 0.4) is 0 Å². The summed E-state index contributed by atoms with van der Waals surface area (Å²) in [6, 6.07) is 4.77. The first-order valence-electron chi connectivity index (χ1n) is 8.29. The molecule has 4 nitrogen and oxygen atoms in total. The predicted molar refractivity (Wildman–Crippen MR) is 87.7 cm³/mol. The van der Waals surface area contributed by atoms with Crippen molar-refractivity contribution in [3.05, 3.63) is 35.6 Å². The molecule has 0 radical (unpaired) electrons. The van der Waals surface area contributed by atoms with Crippen LogP contribution in [0.15, 0.2) is 24.3 Å². The monoisotopic (exact) mass is 323 g/mol. The van der Waals surface area contributed by atoms with Crippen LogP contribution in [-0.2, 0) is 16.0 Å². The number of rotatable bonds is 11. The van der Waals surface area contributed by atoms with Crippen molar-refractivity contribution in [3.63, 3.8) is 0 Å². The molecule has 0 aliphatic carbocycles. The summed E-state index contributed by atoms with van der Waals surface area (Å²) in [6.45, 7) is 2.15. The van der Waals surface area contributed by atoms with Gasteiger partial charge in [-0.05, 0) is 24.1 Å². The second-order valence-corrected chi connectivity index (χ2v) is 5.82. The molecule has 1 atom stereocenters. The lowest BCUT2D eigenvalue weighted by atomic mass is 10.1. The fourth-order valence-corrected chi connectivity index (χ4v) is 2.42. The van der Waals surface area contributed by atoms with Gasteiger partial charge in [-0.15, -0.1) is 0 Å². The number of hydrogen-bond donors (Lipinski definition) is 2. The van der Waals surface area contributed by atoms with Gasteiger partial charge in [0.2, 0.25) is 5.91 Å². The Kier molecular flexibility index (Phi) is 8.95. The summed E-state index contributed by atoms with van der Waals surface area (Å²) in [6.07, 6.45) is 6.93. The molecule has 1 amide bonds. The molecular weight excluding hydrogens is 297 g/mol. The fourth-order valence-electron chi connectivity index (χ4n) is 2.42. The van der Waals surface area contributed by atoms with Crippen molar-refractivity contribution in [1.29, 1.82) is 0 Å². The van der Waals surface area contributed by atoms with E-state index in [1.54, 1.807) is 0 Å². The highest BCUT2D eigenvalue weighted by molar-refractivity contribution is 5.84. The summed E-state index contributed by atoms with van der Waals surface area (Å²) in [5.41, 5.74) is 0.660. The third-order valence-corrected chi connectivity index (χ3v) is 3.76. The Hall–Kier alpha value is -1.91. The van der Waals surface area contributed by atoms with E-state index in [-0.39, 0.29) is 18.1 Å². The van der Waals surface area contributed by atoms with E-state index in [4.69, 9.17) is 0 Å². The molecular formula is C18H26FNO3. The predicted octanol–water partition coefficient (Wildman–Crippen LogP) is 3.69. The minimum atomic E-state index is -1.01. The number of hydrogen-bond acceptors (Lipinski definition) is 2. The lowest BCUT2D eigenvalue weighted by Gasteiger charge is -2.14. The number of carbonyl (C=O) groups excluding carboxylic acids is 1. The number of carboxylic acid groups (broad SMARTS) is 1. The summed E-state index contributed by atoms with van der Waals surface area (Å²) < 4.78 is 12.8. The third-order valence-electron chi connectivity index (χ3n) is 3.76. The van der Waals surface area contributed by atoms with Crippen LogP contribution < -0.4 is 5.32 Å². The van der Waals surface area contributed by atoms with Gasteiger partial charge in [-0.3, -0.25) is 4.79 Å². The van der Waals surface area contributed by atoms with E-state index in [1.165, 1.54) is 43.5 Å². The van der Waals surface area contributed by atoms with E-state index in [2.05, 4.69) is 12.2 Å². The van der Waals surface area contributed by atoms with Crippen LogP contribution in [-0.4, -0.2) is 23.0 Å². The maximum atomic E-state index is 12.8. The van der Waals surface area contributed by atoms with Crippen LogP contribution in [0.25, 0.3) is 0 Å². The summed E-state index contributed by atoms with van der Waals surface area (Å²) in [7, 11) is 0. The molecule has 0 spiro atoms. The smallest absolute Gasteiger partial charge is 0.326 e. The number of unbranched alkanes of at least 4 members (excludes halogenated alkanes) is 5. The van der Waals surface area contributed by atoms with Gasteiger partial charge in [0, 0.05) is 0 Å². The standard InChI is InChI=1S/C18H26FNO3/c1-2-3-4-5-6-7-8-16(18(22)23)20-17(21)13-14-9-11-15(19)12-10-14/h9-12,16H,2-8,13H2,1H3,(H,20,21)(H,22,23)/t16-/m0/s1. The Morgan fingerprint density at radius 3 is 2.30 bits per heavy atom.